The minimum Gasteiger partial charge on any atom is -0.455 e. The molecule has 1 amide bonds. The Labute approximate surface area is 118 Å². The van der Waals surface area contributed by atoms with Gasteiger partial charge in [0.25, 0.3) is 5.91 Å². The van der Waals surface area contributed by atoms with Gasteiger partial charge in [-0.2, -0.15) is 0 Å². The lowest BCUT2D eigenvalue weighted by molar-refractivity contribution is -0.148. The van der Waals surface area contributed by atoms with Crippen molar-refractivity contribution >= 4 is 17.6 Å². The second kappa shape index (κ2) is 6.93. The summed E-state index contributed by atoms with van der Waals surface area (Å²) in [4.78, 5) is 23.3. The molecule has 0 unspecified atom stereocenters. The van der Waals surface area contributed by atoms with E-state index < -0.39 is 5.97 Å². The molecule has 2 rings (SSSR count). The summed E-state index contributed by atoms with van der Waals surface area (Å²) in [5.74, 6) is -0.671. The molecule has 0 bridgehead atoms. The summed E-state index contributed by atoms with van der Waals surface area (Å²) in [5, 5.41) is 2.87. The number of amides is 1. The van der Waals surface area contributed by atoms with E-state index in [-0.39, 0.29) is 25.0 Å². The number of nitrogen functional groups attached to an aromatic ring is 1. The standard InChI is InChI=1S/C15H20N2O3/c16-13-8-4-1-5-11(13)9-15(19)20-10-14(18)17-12-6-2-3-7-12/h1,4-5,8,12H,2-3,6-7,9-10,16H2,(H,17,18). The molecule has 1 aliphatic carbocycles. The maximum Gasteiger partial charge on any atom is 0.310 e. The SMILES string of the molecule is Nc1ccccc1CC(=O)OCC(=O)NC1CCCC1. The Morgan fingerprint density at radius 2 is 1.95 bits per heavy atom. The molecule has 0 saturated heterocycles. The number of hydrogen-bond donors (Lipinski definition) is 2. The monoisotopic (exact) mass is 276 g/mol. The van der Waals surface area contributed by atoms with E-state index in [0.717, 1.165) is 25.7 Å². The number of anilines is 1. The summed E-state index contributed by atoms with van der Waals surface area (Å²) in [7, 11) is 0. The van der Waals surface area contributed by atoms with Gasteiger partial charge in [0.15, 0.2) is 6.61 Å². The predicted octanol–water partition coefficient (Wildman–Crippen LogP) is 1.41. The first kappa shape index (κ1) is 14.4. The molecular formula is C15H20N2O3. The van der Waals surface area contributed by atoms with Crippen LogP contribution in [0.3, 0.4) is 0 Å². The highest BCUT2D eigenvalue weighted by atomic mass is 16.5. The topological polar surface area (TPSA) is 81.4 Å². The third-order valence-electron chi connectivity index (χ3n) is 3.47. The van der Waals surface area contributed by atoms with Gasteiger partial charge in [-0.25, -0.2) is 0 Å². The number of benzene rings is 1. The number of hydrogen-bond acceptors (Lipinski definition) is 4. The normalized spacial score (nSPS) is 15.0. The number of rotatable bonds is 5. The van der Waals surface area contributed by atoms with Crippen LogP contribution in [0.15, 0.2) is 24.3 Å². The number of nitrogens with two attached hydrogens (primary N) is 1. The van der Waals surface area contributed by atoms with Crippen LogP contribution in [0.5, 0.6) is 0 Å². The fourth-order valence-corrected chi connectivity index (χ4v) is 2.39. The van der Waals surface area contributed by atoms with Crippen LogP contribution in [0.25, 0.3) is 0 Å². The molecule has 0 radical (unpaired) electrons. The summed E-state index contributed by atoms with van der Waals surface area (Å²) in [6.45, 7) is -0.220. The molecule has 0 spiro atoms. The van der Waals surface area contributed by atoms with Crippen molar-refractivity contribution in [2.45, 2.75) is 38.1 Å². The molecule has 5 nitrogen and oxygen atoms in total. The van der Waals surface area contributed by atoms with E-state index in [0.29, 0.717) is 11.3 Å². The third kappa shape index (κ3) is 4.26. The molecule has 5 heteroatoms. The molecule has 0 atom stereocenters. The predicted molar refractivity (Wildman–Crippen MR) is 75.9 cm³/mol. The Morgan fingerprint density at radius 1 is 1.25 bits per heavy atom. The van der Waals surface area contributed by atoms with E-state index in [2.05, 4.69) is 5.32 Å². The molecule has 1 aromatic carbocycles. The van der Waals surface area contributed by atoms with Crippen LogP contribution in [-0.4, -0.2) is 24.5 Å². The van der Waals surface area contributed by atoms with E-state index in [9.17, 15) is 9.59 Å². The van der Waals surface area contributed by atoms with Gasteiger partial charge in [-0.15, -0.1) is 0 Å². The van der Waals surface area contributed by atoms with Gasteiger partial charge in [0.1, 0.15) is 0 Å². The minimum absolute atomic E-state index is 0.0867. The van der Waals surface area contributed by atoms with E-state index in [1.165, 1.54) is 0 Å². The van der Waals surface area contributed by atoms with Crippen LogP contribution >= 0.6 is 0 Å². The van der Waals surface area contributed by atoms with E-state index in [1.54, 1.807) is 18.2 Å². The van der Waals surface area contributed by atoms with Gasteiger partial charge in [-0.1, -0.05) is 31.0 Å². The van der Waals surface area contributed by atoms with Crippen LogP contribution in [0.4, 0.5) is 5.69 Å². The highest BCUT2D eigenvalue weighted by Crippen LogP contribution is 2.17. The van der Waals surface area contributed by atoms with Gasteiger partial charge in [0, 0.05) is 11.7 Å². The quantitative estimate of drug-likeness (QED) is 0.629. The van der Waals surface area contributed by atoms with E-state index in [4.69, 9.17) is 10.5 Å². The molecular weight excluding hydrogens is 256 g/mol. The highest BCUT2D eigenvalue weighted by molar-refractivity contribution is 5.82. The van der Waals surface area contributed by atoms with Crippen LogP contribution in [0, 0.1) is 0 Å². The molecule has 1 fully saturated rings. The smallest absolute Gasteiger partial charge is 0.310 e. The highest BCUT2D eigenvalue weighted by Gasteiger charge is 2.18. The molecule has 1 aliphatic rings. The fraction of sp³-hybridized carbons (Fsp3) is 0.467. The van der Waals surface area contributed by atoms with Crippen LogP contribution < -0.4 is 11.1 Å². The van der Waals surface area contributed by atoms with Crippen molar-refractivity contribution < 1.29 is 14.3 Å². The third-order valence-corrected chi connectivity index (χ3v) is 3.47. The lowest BCUT2D eigenvalue weighted by Gasteiger charge is -2.12. The minimum atomic E-state index is -0.440. The van der Waals surface area contributed by atoms with E-state index >= 15 is 0 Å². The number of carbonyl (C=O) groups is 2. The number of ether oxygens (including phenoxy) is 1. The zero-order chi connectivity index (χ0) is 14.4. The van der Waals surface area contributed by atoms with Crippen molar-refractivity contribution in [1.82, 2.24) is 5.32 Å². The average Bonchev–Trinajstić information content (AvgIpc) is 2.92. The van der Waals surface area contributed by atoms with Crippen LogP contribution in [0.1, 0.15) is 31.2 Å². The lowest BCUT2D eigenvalue weighted by Crippen LogP contribution is -2.36. The van der Waals surface area contributed by atoms with Crippen LogP contribution in [-0.2, 0) is 20.7 Å². The van der Waals surface area contributed by atoms with Gasteiger partial charge >= 0.3 is 5.97 Å². The van der Waals surface area contributed by atoms with Crippen molar-refractivity contribution in [3.05, 3.63) is 29.8 Å². The summed E-state index contributed by atoms with van der Waals surface area (Å²) < 4.78 is 4.97. The molecule has 0 aromatic heterocycles. The van der Waals surface area contributed by atoms with Gasteiger partial charge in [0.05, 0.1) is 6.42 Å². The molecule has 1 saturated carbocycles. The Kier molecular flexibility index (Phi) is 4.98. The molecule has 1 aromatic rings. The van der Waals surface area contributed by atoms with Crippen molar-refractivity contribution in [2.24, 2.45) is 0 Å². The Bertz CT molecular complexity index is 482. The molecule has 3 N–H and O–H groups in total. The summed E-state index contributed by atoms with van der Waals surface area (Å²) in [6.07, 6.45) is 4.42. The zero-order valence-corrected chi connectivity index (χ0v) is 11.4. The van der Waals surface area contributed by atoms with Gasteiger partial charge in [-0.3, -0.25) is 9.59 Å². The summed E-state index contributed by atoms with van der Waals surface area (Å²) in [5.41, 5.74) is 7.02. The van der Waals surface area contributed by atoms with E-state index in [1.807, 2.05) is 6.07 Å². The van der Waals surface area contributed by atoms with Crippen molar-refractivity contribution in [3.63, 3.8) is 0 Å². The molecule has 0 heterocycles. The Balaban J connectivity index is 1.72. The average molecular weight is 276 g/mol. The second-order valence-corrected chi connectivity index (χ2v) is 5.09. The van der Waals surface area contributed by atoms with Crippen molar-refractivity contribution in [1.29, 1.82) is 0 Å². The fourth-order valence-electron chi connectivity index (χ4n) is 2.39. The van der Waals surface area contributed by atoms with Gasteiger partial charge in [-0.05, 0) is 24.5 Å². The Hall–Kier alpha value is -2.04. The number of para-hydroxylation sites is 1. The maximum absolute atomic E-state index is 11.6. The van der Waals surface area contributed by atoms with Crippen molar-refractivity contribution in [2.75, 3.05) is 12.3 Å². The molecule has 108 valence electrons. The first-order valence-electron chi connectivity index (χ1n) is 6.93. The second-order valence-electron chi connectivity index (χ2n) is 5.09. The Morgan fingerprint density at radius 3 is 2.65 bits per heavy atom. The number of nitrogens with one attached hydrogen (secondary N) is 1. The zero-order valence-electron chi connectivity index (χ0n) is 11.4. The first-order chi connectivity index (χ1) is 9.65. The molecule has 0 aliphatic heterocycles. The van der Waals surface area contributed by atoms with Crippen LogP contribution in [0.2, 0.25) is 0 Å². The van der Waals surface area contributed by atoms with Gasteiger partial charge in [0.2, 0.25) is 0 Å². The van der Waals surface area contributed by atoms with Crippen molar-refractivity contribution in [3.8, 4) is 0 Å². The largest absolute Gasteiger partial charge is 0.455 e. The number of esters is 1. The number of carbonyl (C=O) groups excluding carboxylic acids is 2. The maximum atomic E-state index is 11.6. The summed E-state index contributed by atoms with van der Waals surface area (Å²) >= 11 is 0. The first-order valence-corrected chi connectivity index (χ1v) is 6.93. The molecule has 20 heavy (non-hydrogen) atoms. The van der Waals surface area contributed by atoms with Gasteiger partial charge < -0.3 is 15.8 Å². The lowest BCUT2D eigenvalue weighted by atomic mass is 10.1. The summed E-state index contributed by atoms with van der Waals surface area (Å²) in [6, 6.07) is 7.36.